The second-order valence-corrected chi connectivity index (χ2v) is 5.87. The van der Waals surface area contributed by atoms with Gasteiger partial charge in [-0.15, -0.1) is 0 Å². The number of nitrogens with one attached hydrogen (secondary N) is 1. The number of carbonyl (C=O) groups excluding carboxylic acids is 1. The smallest absolute Gasteiger partial charge is 0.307 e. The van der Waals surface area contributed by atoms with Crippen LogP contribution in [0, 0.1) is 5.92 Å². The van der Waals surface area contributed by atoms with Gasteiger partial charge in [0, 0.05) is 6.54 Å². The molecule has 0 bridgehead atoms. The summed E-state index contributed by atoms with van der Waals surface area (Å²) in [6.45, 7) is 1.23. The second kappa shape index (κ2) is 7.11. The number of carbonyl (C=O) groups is 2. The third-order valence-electron chi connectivity index (χ3n) is 3.45. The first-order valence-corrected chi connectivity index (χ1v) is 7.42. The average molecular weight is 331 g/mol. The molecule has 0 aliphatic carbocycles. The van der Waals surface area contributed by atoms with Gasteiger partial charge in [-0.2, -0.15) is 0 Å². The van der Waals surface area contributed by atoms with Crippen molar-refractivity contribution in [1.82, 2.24) is 4.90 Å². The lowest BCUT2D eigenvalue weighted by atomic mass is 9.98. The number of carboxylic acid groups (broad SMARTS) is 1. The maximum Gasteiger partial charge on any atom is 0.307 e. The molecule has 1 fully saturated rings. The number of amides is 1. The Morgan fingerprint density at radius 1 is 1.33 bits per heavy atom. The molecule has 1 aromatic carbocycles. The predicted octanol–water partition coefficient (Wildman–Crippen LogP) is 2.73. The van der Waals surface area contributed by atoms with Crippen molar-refractivity contribution >= 4 is 40.8 Å². The summed E-state index contributed by atoms with van der Waals surface area (Å²) in [5.41, 5.74) is 0.387. The molecule has 7 heteroatoms. The minimum atomic E-state index is -0.811. The van der Waals surface area contributed by atoms with Gasteiger partial charge in [0.15, 0.2) is 0 Å². The molecule has 0 saturated carbocycles. The lowest BCUT2D eigenvalue weighted by Crippen LogP contribution is -2.42. The molecule has 1 saturated heterocycles. The van der Waals surface area contributed by atoms with Gasteiger partial charge in [0.2, 0.25) is 5.91 Å². The molecule has 114 valence electrons. The Bertz CT molecular complexity index is 531. The van der Waals surface area contributed by atoms with Crippen LogP contribution in [0.15, 0.2) is 18.2 Å². The van der Waals surface area contributed by atoms with Gasteiger partial charge in [0.25, 0.3) is 0 Å². The molecular formula is C14H16Cl2N2O3. The first kappa shape index (κ1) is 16.1. The van der Waals surface area contributed by atoms with E-state index >= 15 is 0 Å². The van der Waals surface area contributed by atoms with Crippen molar-refractivity contribution in [3.63, 3.8) is 0 Å². The van der Waals surface area contributed by atoms with Crippen molar-refractivity contribution in [2.24, 2.45) is 5.92 Å². The van der Waals surface area contributed by atoms with Gasteiger partial charge < -0.3 is 10.4 Å². The number of piperidine rings is 1. The first-order valence-electron chi connectivity index (χ1n) is 6.66. The van der Waals surface area contributed by atoms with Crippen LogP contribution in [-0.4, -0.2) is 41.5 Å². The quantitative estimate of drug-likeness (QED) is 0.890. The van der Waals surface area contributed by atoms with E-state index in [1.807, 2.05) is 4.90 Å². The molecule has 1 aromatic rings. The maximum atomic E-state index is 12.0. The van der Waals surface area contributed by atoms with E-state index in [1.54, 1.807) is 18.2 Å². The van der Waals surface area contributed by atoms with E-state index in [9.17, 15) is 9.59 Å². The van der Waals surface area contributed by atoms with Gasteiger partial charge in [-0.1, -0.05) is 29.3 Å². The summed E-state index contributed by atoms with van der Waals surface area (Å²) in [7, 11) is 0. The molecule has 1 heterocycles. The minimum Gasteiger partial charge on any atom is -0.481 e. The molecule has 1 aliphatic rings. The van der Waals surface area contributed by atoms with E-state index in [-0.39, 0.29) is 12.5 Å². The molecule has 0 spiro atoms. The highest BCUT2D eigenvalue weighted by atomic mass is 35.5. The van der Waals surface area contributed by atoms with E-state index in [4.69, 9.17) is 28.3 Å². The Hall–Kier alpha value is -1.30. The summed E-state index contributed by atoms with van der Waals surface area (Å²) in [6.07, 6.45) is 1.43. The number of aliphatic carboxylic acids is 1. The van der Waals surface area contributed by atoms with Crippen LogP contribution in [0.4, 0.5) is 5.69 Å². The van der Waals surface area contributed by atoms with Crippen LogP contribution < -0.4 is 5.32 Å². The van der Waals surface area contributed by atoms with Crippen LogP contribution in [-0.2, 0) is 9.59 Å². The highest BCUT2D eigenvalue weighted by molar-refractivity contribution is 6.39. The molecular weight excluding hydrogens is 315 g/mol. The lowest BCUT2D eigenvalue weighted by molar-refractivity contribution is -0.144. The maximum absolute atomic E-state index is 12.0. The SMILES string of the molecule is O=C(CN1CCCC(C(=O)O)C1)Nc1c(Cl)cccc1Cl. The normalized spacial score (nSPS) is 19.2. The molecule has 0 radical (unpaired) electrons. The van der Waals surface area contributed by atoms with E-state index < -0.39 is 11.9 Å². The van der Waals surface area contributed by atoms with Gasteiger partial charge in [-0.25, -0.2) is 0 Å². The Kier molecular flexibility index (Phi) is 5.45. The largest absolute Gasteiger partial charge is 0.481 e. The summed E-state index contributed by atoms with van der Waals surface area (Å²) in [4.78, 5) is 24.9. The number of nitrogens with zero attached hydrogens (tertiary/aromatic N) is 1. The van der Waals surface area contributed by atoms with Gasteiger partial charge in [0.05, 0.1) is 28.2 Å². The van der Waals surface area contributed by atoms with Crippen LogP contribution >= 0.6 is 23.2 Å². The van der Waals surface area contributed by atoms with Gasteiger partial charge in [-0.3, -0.25) is 14.5 Å². The Morgan fingerprint density at radius 2 is 2.00 bits per heavy atom. The van der Waals surface area contributed by atoms with Crippen molar-refractivity contribution in [1.29, 1.82) is 0 Å². The molecule has 2 N–H and O–H groups in total. The van der Waals surface area contributed by atoms with Crippen molar-refractivity contribution in [3.8, 4) is 0 Å². The molecule has 21 heavy (non-hydrogen) atoms. The van der Waals surface area contributed by atoms with Crippen molar-refractivity contribution in [2.45, 2.75) is 12.8 Å². The number of hydrogen-bond donors (Lipinski definition) is 2. The zero-order valence-corrected chi connectivity index (χ0v) is 12.8. The fraction of sp³-hybridized carbons (Fsp3) is 0.429. The zero-order chi connectivity index (χ0) is 15.4. The fourth-order valence-corrected chi connectivity index (χ4v) is 2.89. The van der Waals surface area contributed by atoms with Crippen molar-refractivity contribution < 1.29 is 14.7 Å². The zero-order valence-electron chi connectivity index (χ0n) is 11.3. The number of benzene rings is 1. The average Bonchev–Trinajstić information content (AvgIpc) is 2.43. The summed E-state index contributed by atoms with van der Waals surface area (Å²) in [6, 6.07) is 4.98. The highest BCUT2D eigenvalue weighted by Crippen LogP contribution is 2.29. The fourth-order valence-electron chi connectivity index (χ4n) is 2.40. The van der Waals surface area contributed by atoms with Crippen LogP contribution in [0.3, 0.4) is 0 Å². The van der Waals surface area contributed by atoms with Crippen LogP contribution in [0.25, 0.3) is 0 Å². The standard InChI is InChI=1S/C14H16Cl2N2O3/c15-10-4-1-5-11(16)13(10)17-12(19)8-18-6-2-3-9(7-18)14(20)21/h1,4-5,9H,2-3,6-8H2,(H,17,19)(H,20,21). The van der Waals surface area contributed by atoms with Crippen LogP contribution in [0.1, 0.15) is 12.8 Å². The Labute approximate surface area is 132 Å². The van der Waals surface area contributed by atoms with Crippen LogP contribution in [0.5, 0.6) is 0 Å². The number of carboxylic acids is 1. The van der Waals surface area contributed by atoms with E-state index in [2.05, 4.69) is 5.32 Å². The highest BCUT2D eigenvalue weighted by Gasteiger charge is 2.26. The van der Waals surface area contributed by atoms with Gasteiger partial charge >= 0.3 is 5.97 Å². The van der Waals surface area contributed by atoms with Gasteiger partial charge in [-0.05, 0) is 31.5 Å². The second-order valence-electron chi connectivity index (χ2n) is 5.06. The molecule has 1 atom stereocenters. The summed E-state index contributed by atoms with van der Waals surface area (Å²) in [5, 5.41) is 12.5. The molecule has 1 aliphatic heterocycles. The van der Waals surface area contributed by atoms with E-state index in [1.165, 1.54) is 0 Å². The molecule has 5 nitrogen and oxygen atoms in total. The summed E-state index contributed by atoms with van der Waals surface area (Å²) >= 11 is 12.0. The molecule has 2 rings (SSSR count). The molecule has 1 amide bonds. The number of anilines is 1. The van der Waals surface area contributed by atoms with E-state index in [0.29, 0.717) is 35.2 Å². The Morgan fingerprint density at radius 3 is 2.62 bits per heavy atom. The lowest BCUT2D eigenvalue weighted by Gasteiger charge is -2.30. The topological polar surface area (TPSA) is 69.6 Å². The van der Waals surface area contributed by atoms with Crippen molar-refractivity contribution in [3.05, 3.63) is 28.2 Å². The van der Waals surface area contributed by atoms with Crippen molar-refractivity contribution in [2.75, 3.05) is 25.0 Å². The number of para-hydroxylation sites is 1. The third kappa shape index (κ3) is 4.33. The third-order valence-corrected chi connectivity index (χ3v) is 4.08. The first-order chi connectivity index (χ1) is 9.97. The van der Waals surface area contributed by atoms with Crippen LogP contribution in [0.2, 0.25) is 10.0 Å². The molecule has 1 unspecified atom stereocenters. The number of likely N-dealkylation sites (tertiary alicyclic amines) is 1. The number of halogens is 2. The summed E-state index contributed by atoms with van der Waals surface area (Å²) in [5.74, 6) is -1.47. The number of rotatable bonds is 4. The monoisotopic (exact) mass is 330 g/mol. The minimum absolute atomic E-state index is 0.130. The summed E-state index contributed by atoms with van der Waals surface area (Å²) < 4.78 is 0. The van der Waals surface area contributed by atoms with Gasteiger partial charge in [0.1, 0.15) is 0 Å². The van der Waals surface area contributed by atoms with E-state index in [0.717, 1.165) is 6.42 Å². The predicted molar refractivity (Wildman–Crippen MR) is 81.9 cm³/mol. The molecule has 0 aromatic heterocycles. The Balaban J connectivity index is 1.94. The number of hydrogen-bond acceptors (Lipinski definition) is 3.